The van der Waals surface area contributed by atoms with E-state index in [4.69, 9.17) is 9.47 Å². The predicted molar refractivity (Wildman–Crippen MR) is 119 cm³/mol. The predicted octanol–water partition coefficient (Wildman–Crippen LogP) is 5.19. The van der Waals surface area contributed by atoms with Crippen molar-refractivity contribution in [3.63, 3.8) is 0 Å². The minimum atomic E-state index is -0.500. The van der Waals surface area contributed by atoms with Gasteiger partial charge in [0.05, 0.1) is 5.92 Å². The Labute approximate surface area is 184 Å². The fraction of sp³-hybridized carbons (Fsp3) is 0.462. The van der Waals surface area contributed by atoms with Crippen molar-refractivity contribution in [3.8, 4) is 0 Å². The third kappa shape index (κ3) is 4.60. The molecule has 0 saturated carbocycles. The normalized spacial score (nSPS) is 19.7. The summed E-state index contributed by atoms with van der Waals surface area (Å²) in [6.45, 7) is 7.21. The van der Waals surface area contributed by atoms with Gasteiger partial charge in [0.15, 0.2) is 0 Å². The Balaban J connectivity index is 1.46. The number of benzene rings is 2. The Morgan fingerprint density at radius 2 is 1.65 bits per heavy atom. The third-order valence-electron chi connectivity index (χ3n) is 6.38. The largest absolute Gasteiger partial charge is 0.460 e. The van der Waals surface area contributed by atoms with Crippen LogP contribution in [-0.4, -0.2) is 35.7 Å². The van der Waals surface area contributed by atoms with Crippen LogP contribution in [0.3, 0.4) is 0 Å². The summed E-state index contributed by atoms with van der Waals surface area (Å²) in [6, 6.07) is 18.0. The molecule has 1 atom stereocenters. The van der Waals surface area contributed by atoms with Gasteiger partial charge in [-0.3, -0.25) is 4.79 Å². The number of fused-ring (bicyclic) bond motifs is 2. The highest BCUT2D eigenvalue weighted by Crippen LogP contribution is 2.52. The van der Waals surface area contributed by atoms with Crippen molar-refractivity contribution in [3.05, 3.63) is 71.3 Å². The highest BCUT2D eigenvalue weighted by Gasteiger charge is 2.48. The number of piperidine rings is 1. The van der Waals surface area contributed by atoms with Gasteiger partial charge in [0, 0.05) is 18.5 Å². The van der Waals surface area contributed by atoms with Crippen molar-refractivity contribution >= 4 is 12.1 Å². The molecule has 1 spiro atoms. The highest BCUT2D eigenvalue weighted by molar-refractivity contribution is 5.81. The smallest absolute Gasteiger partial charge is 0.410 e. The topological polar surface area (TPSA) is 55.8 Å². The van der Waals surface area contributed by atoms with Crippen LogP contribution in [-0.2, 0) is 26.3 Å². The van der Waals surface area contributed by atoms with E-state index in [1.165, 1.54) is 5.56 Å². The lowest BCUT2D eigenvalue weighted by molar-refractivity contribution is -0.147. The molecule has 1 amide bonds. The van der Waals surface area contributed by atoms with E-state index < -0.39 is 5.60 Å². The zero-order valence-electron chi connectivity index (χ0n) is 18.6. The monoisotopic (exact) mass is 421 g/mol. The van der Waals surface area contributed by atoms with Crippen molar-refractivity contribution in [1.82, 2.24) is 4.90 Å². The lowest BCUT2D eigenvalue weighted by Gasteiger charge is -2.40. The van der Waals surface area contributed by atoms with Gasteiger partial charge in [0.1, 0.15) is 12.2 Å². The molecule has 0 radical (unpaired) electrons. The summed E-state index contributed by atoms with van der Waals surface area (Å²) in [6.07, 6.45) is 2.13. The molecular formula is C26H31NO4. The van der Waals surface area contributed by atoms with Gasteiger partial charge >= 0.3 is 12.1 Å². The van der Waals surface area contributed by atoms with Crippen LogP contribution >= 0.6 is 0 Å². The molecule has 2 aromatic carbocycles. The second-order valence-corrected chi connectivity index (χ2v) is 9.68. The number of rotatable bonds is 3. The van der Waals surface area contributed by atoms with E-state index >= 15 is 0 Å². The molecule has 1 aliphatic carbocycles. The lowest BCUT2D eigenvalue weighted by Crippen LogP contribution is -2.46. The molecule has 1 unspecified atom stereocenters. The number of carbonyl (C=O) groups excluding carboxylic acids is 2. The van der Waals surface area contributed by atoms with Crippen LogP contribution in [0.2, 0.25) is 0 Å². The van der Waals surface area contributed by atoms with Crippen molar-refractivity contribution in [1.29, 1.82) is 0 Å². The minimum absolute atomic E-state index is 0.0917. The Bertz CT molecular complexity index is 939. The maximum Gasteiger partial charge on any atom is 0.410 e. The van der Waals surface area contributed by atoms with Crippen molar-refractivity contribution in [2.45, 2.75) is 63.6 Å². The zero-order valence-corrected chi connectivity index (χ0v) is 18.6. The fourth-order valence-corrected chi connectivity index (χ4v) is 4.85. The lowest BCUT2D eigenvalue weighted by atomic mass is 9.73. The number of hydrogen-bond acceptors (Lipinski definition) is 4. The average Bonchev–Trinajstić information content (AvgIpc) is 3.06. The standard InChI is InChI=1S/C26H31NO4/c1-25(2,3)31-24(29)27-15-13-26(14-16-27)17-21(20-11-7-8-12-22(20)26)23(28)30-18-19-9-5-4-6-10-19/h4-12,21H,13-18H2,1-3H3. The number of nitrogens with zero attached hydrogens (tertiary/aromatic N) is 1. The van der Waals surface area contributed by atoms with Gasteiger partial charge in [-0.15, -0.1) is 0 Å². The minimum Gasteiger partial charge on any atom is -0.460 e. The van der Waals surface area contributed by atoms with Gasteiger partial charge in [-0.05, 0) is 56.7 Å². The van der Waals surface area contributed by atoms with Gasteiger partial charge in [-0.1, -0.05) is 54.6 Å². The summed E-state index contributed by atoms with van der Waals surface area (Å²) >= 11 is 0. The number of carbonyl (C=O) groups is 2. The fourth-order valence-electron chi connectivity index (χ4n) is 4.85. The first-order valence-electron chi connectivity index (χ1n) is 11.1. The van der Waals surface area contributed by atoms with Gasteiger partial charge < -0.3 is 14.4 Å². The molecule has 1 heterocycles. The Hall–Kier alpha value is -2.82. The van der Waals surface area contributed by atoms with Gasteiger partial charge in [0.25, 0.3) is 0 Å². The third-order valence-corrected chi connectivity index (χ3v) is 6.38. The summed E-state index contributed by atoms with van der Waals surface area (Å²) < 4.78 is 11.2. The summed E-state index contributed by atoms with van der Waals surface area (Å²) in [4.78, 5) is 27.3. The summed E-state index contributed by atoms with van der Waals surface area (Å²) in [7, 11) is 0. The highest BCUT2D eigenvalue weighted by atomic mass is 16.6. The van der Waals surface area contributed by atoms with Crippen LogP contribution in [0, 0.1) is 0 Å². The van der Waals surface area contributed by atoms with Crippen LogP contribution in [0.4, 0.5) is 4.79 Å². The Morgan fingerprint density at radius 1 is 1.00 bits per heavy atom. The van der Waals surface area contributed by atoms with Crippen molar-refractivity contribution in [2.75, 3.05) is 13.1 Å². The Morgan fingerprint density at radius 3 is 2.32 bits per heavy atom. The summed E-state index contributed by atoms with van der Waals surface area (Å²) in [5.41, 5.74) is 2.71. The second-order valence-electron chi connectivity index (χ2n) is 9.68. The van der Waals surface area contributed by atoms with E-state index in [0.29, 0.717) is 13.1 Å². The zero-order chi connectivity index (χ0) is 22.1. The maximum atomic E-state index is 13.0. The molecule has 31 heavy (non-hydrogen) atoms. The first kappa shape index (κ1) is 21.4. The van der Waals surface area contributed by atoms with Crippen LogP contribution in [0.15, 0.2) is 54.6 Å². The average molecular weight is 422 g/mol. The van der Waals surface area contributed by atoms with Gasteiger partial charge in [-0.2, -0.15) is 0 Å². The first-order chi connectivity index (χ1) is 14.8. The van der Waals surface area contributed by atoms with Crippen LogP contribution in [0.1, 0.15) is 62.6 Å². The van der Waals surface area contributed by atoms with E-state index in [1.54, 1.807) is 4.90 Å². The molecule has 1 aliphatic heterocycles. The Kier molecular flexibility index (Phi) is 5.78. The molecule has 0 bridgehead atoms. The van der Waals surface area contributed by atoms with E-state index in [2.05, 4.69) is 12.1 Å². The molecular weight excluding hydrogens is 390 g/mol. The summed E-state index contributed by atoms with van der Waals surface area (Å²) in [5.74, 6) is -0.421. The maximum absolute atomic E-state index is 13.0. The van der Waals surface area contributed by atoms with Crippen LogP contribution in [0.25, 0.3) is 0 Å². The van der Waals surface area contributed by atoms with Crippen LogP contribution in [0.5, 0.6) is 0 Å². The number of amides is 1. The molecule has 5 heteroatoms. The number of hydrogen-bond donors (Lipinski definition) is 0. The molecule has 1 fully saturated rings. The van der Waals surface area contributed by atoms with Gasteiger partial charge in [-0.25, -0.2) is 4.79 Å². The molecule has 0 aromatic heterocycles. The summed E-state index contributed by atoms with van der Waals surface area (Å²) in [5, 5.41) is 0. The number of esters is 1. The molecule has 164 valence electrons. The van der Waals surface area contributed by atoms with Crippen LogP contribution < -0.4 is 0 Å². The first-order valence-corrected chi connectivity index (χ1v) is 11.1. The van der Waals surface area contributed by atoms with Crippen molar-refractivity contribution in [2.24, 2.45) is 0 Å². The molecule has 2 aliphatic rings. The van der Waals surface area contributed by atoms with E-state index in [1.807, 2.05) is 63.2 Å². The number of ether oxygens (including phenoxy) is 2. The quantitative estimate of drug-likeness (QED) is 0.641. The molecule has 4 rings (SSSR count). The second kappa shape index (κ2) is 8.37. The van der Waals surface area contributed by atoms with E-state index in [-0.39, 0.29) is 30.0 Å². The number of likely N-dealkylation sites (tertiary alicyclic amines) is 1. The SMILES string of the molecule is CC(C)(C)OC(=O)N1CCC2(CC1)CC(C(=O)OCc1ccccc1)c1ccccc12. The van der Waals surface area contributed by atoms with Crippen molar-refractivity contribution < 1.29 is 19.1 Å². The molecule has 2 aromatic rings. The molecule has 5 nitrogen and oxygen atoms in total. The molecule has 0 N–H and O–H groups in total. The van der Waals surface area contributed by atoms with Gasteiger partial charge in [0.2, 0.25) is 0 Å². The van der Waals surface area contributed by atoms with E-state index in [0.717, 1.165) is 30.4 Å². The van der Waals surface area contributed by atoms with E-state index in [9.17, 15) is 9.59 Å². The molecule has 1 saturated heterocycles.